The molecule has 2 fully saturated rings. The van der Waals surface area contributed by atoms with Crippen molar-refractivity contribution >= 4 is 17.6 Å². The van der Waals surface area contributed by atoms with Gasteiger partial charge >= 0.3 is 6.03 Å². The van der Waals surface area contributed by atoms with E-state index in [2.05, 4.69) is 15.5 Å². The second kappa shape index (κ2) is 9.96. The number of halogens is 1. The Bertz CT molecular complexity index is 875. The molecule has 2 N–H and O–H groups in total. The molecule has 1 atom stereocenters. The zero-order valence-electron chi connectivity index (χ0n) is 17.6. The molecule has 7 nitrogen and oxygen atoms in total. The molecule has 0 spiro atoms. The van der Waals surface area contributed by atoms with Gasteiger partial charge in [-0.25, -0.2) is 9.18 Å². The summed E-state index contributed by atoms with van der Waals surface area (Å²) in [5.41, 5.74) is 0.438. The van der Waals surface area contributed by atoms with Crippen LogP contribution in [-0.4, -0.2) is 54.0 Å². The minimum absolute atomic E-state index is 0.0287. The highest BCUT2D eigenvalue weighted by atomic mass is 19.1. The summed E-state index contributed by atoms with van der Waals surface area (Å²) in [6.07, 6.45) is 6.02. The highest BCUT2D eigenvalue weighted by Gasteiger charge is 2.37. The van der Waals surface area contributed by atoms with Crippen molar-refractivity contribution in [1.82, 2.24) is 15.1 Å². The van der Waals surface area contributed by atoms with Gasteiger partial charge in [-0.1, -0.05) is 18.9 Å². The van der Waals surface area contributed by atoms with Crippen molar-refractivity contribution in [3.8, 4) is 0 Å². The largest absolute Gasteiger partial charge is 0.467 e. The van der Waals surface area contributed by atoms with E-state index < -0.39 is 0 Å². The quantitative estimate of drug-likeness (QED) is 0.739. The summed E-state index contributed by atoms with van der Waals surface area (Å²) in [7, 11) is 0. The van der Waals surface area contributed by atoms with Crippen molar-refractivity contribution in [2.45, 2.75) is 38.3 Å². The summed E-state index contributed by atoms with van der Waals surface area (Å²) in [6, 6.07) is 9.09. The topological polar surface area (TPSA) is 77.8 Å². The van der Waals surface area contributed by atoms with Crippen molar-refractivity contribution < 1.29 is 18.4 Å². The lowest BCUT2D eigenvalue weighted by Gasteiger charge is -2.40. The van der Waals surface area contributed by atoms with Crippen molar-refractivity contribution in [3.05, 3.63) is 54.2 Å². The molecule has 2 heterocycles. The predicted octanol–water partition coefficient (Wildman–Crippen LogP) is 3.44. The number of carbonyl (C=O) groups excluding carboxylic acids is 2. The highest BCUT2D eigenvalue weighted by molar-refractivity contribution is 5.89. The molecule has 1 aromatic carbocycles. The van der Waals surface area contributed by atoms with Crippen molar-refractivity contribution in [2.24, 2.45) is 5.92 Å². The fourth-order valence-electron chi connectivity index (χ4n) is 4.62. The summed E-state index contributed by atoms with van der Waals surface area (Å²) in [5.74, 6) is 0.713. The molecule has 1 saturated heterocycles. The van der Waals surface area contributed by atoms with Crippen LogP contribution in [0.1, 0.15) is 31.4 Å². The van der Waals surface area contributed by atoms with E-state index in [1.165, 1.54) is 12.1 Å². The Morgan fingerprint density at radius 3 is 2.55 bits per heavy atom. The summed E-state index contributed by atoms with van der Waals surface area (Å²) in [4.78, 5) is 29.6. The maximum Gasteiger partial charge on any atom is 0.321 e. The van der Waals surface area contributed by atoms with Gasteiger partial charge in [-0.15, -0.1) is 0 Å². The van der Waals surface area contributed by atoms with Crippen molar-refractivity contribution in [2.75, 3.05) is 31.5 Å². The number of hydrogen-bond acceptors (Lipinski definition) is 4. The first-order chi connectivity index (χ1) is 15.1. The molecule has 0 radical (unpaired) electrons. The van der Waals surface area contributed by atoms with E-state index >= 15 is 0 Å². The third-order valence-corrected chi connectivity index (χ3v) is 6.20. The highest BCUT2D eigenvalue weighted by Crippen LogP contribution is 2.31. The van der Waals surface area contributed by atoms with E-state index in [1.54, 1.807) is 23.3 Å². The lowest BCUT2D eigenvalue weighted by molar-refractivity contribution is -0.129. The van der Waals surface area contributed by atoms with Crippen LogP contribution in [-0.2, 0) is 11.3 Å². The number of rotatable bonds is 6. The molecule has 2 aliphatic rings. The second-order valence-electron chi connectivity index (χ2n) is 8.25. The first-order valence-electron chi connectivity index (χ1n) is 11.0. The van der Waals surface area contributed by atoms with E-state index in [0.717, 1.165) is 31.4 Å². The van der Waals surface area contributed by atoms with Crippen LogP contribution in [0.2, 0.25) is 0 Å². The van der Waals surface area contributed by atoms with Crippen LogP contribution in [0, 0.1) is 11.7 Å². The van der Waals surface area contributed by atoms with Gasteiger partial charge in [0.25, 0.3) is 0 Å². The standard InChI is InChI=1S/C23H29FN4O3/c24-18-7-3-8-19(15-18)26-23(30)28-12-10-27(11-13-28)21(17-5-1-2-6-17)22(29)25-16-20-9-4-14-31-20/h3-4,7-9,14-15,17,21H,1-2,5-6,10-13,16H2,(H,25,29)(H,26,30). The number of amides is 3. The predicted molar refractivity (Wildman–Crippen MR) is 115 cm³/mol. The number of piperazine rings is 1. The number of nitrogens with one attached hydrogen (secondary N) is 2. The van der Waals surface area contributed by atoms with Gasteiger partial charge < -0.3 is 20.0 Å². The van der Waals surface area contributed by atoms with Crippen LogP contribution >= 0.6 is 0 Å². The fraction of sp³-hybridized carbons (Fsp3) is 0.478. The van der Waals surface area contributed by atoms with Crippen LogP contribution in [0.25, 0.3) is 0 Å². The fourth-order valence-corrected chi connectivity index (χ4v) is 4.62. The number of benzene rings is 1. The lowest BCUT2D eigenvalue weighted by Crippen LogP contribution is -2.58. The number of hydrogen-bond donors (Lipinski definition) is 2. The zero-order valence-corrected chi connectivity index (χ0v) is 17.6. The average Bonchev–Trinajstić information content (AvgIpc) is 3.47. The third kappa shape index (κ3) is 5.44. The average molecular weight is 429 g/mol. The Balaban J connectivity index is 1.34. The van der Waals surface area contributed by atoms with Gasteiger partial charge in [-0.2, -0.15) is 0 Å². The van der Waals surface area contributed by atoms with Crippen molar-refractivity contribution in [3.63, 3.8) is 0 Å². The van der Waals surface area contributed by atoms with Crippen LogP contribution in [0.5, 0.6) is 0 Å². The summed E-state index contributed by atoms with van der Waals surface area (Å²) in [6.45, 7) is 2.69. The molecule has 4 rings (SSSR count). The summed E-state index contributed by atoms with van der Waals surface area (Å²) >= 11 is 0. The van der Waals surface area contributed by atoms with E-state index in [9.17, 15) is 14.0 Å². The first-order valence-corrected chi connectivity index (χ1v) is 11.0. The first kappa shape index (κ1) is 21.4. The molecule has 3 amide bonds. The van der Waals surface area contributed by atoms with E-state index in [0.29, 0.717) is 44.3 Å². The number of urea groups is 1. The van der Waals surface area contributed by atoms with Crippen molar-refractivity contribution in [1.29, 1.82) is 0 Å². The monoisotopic (exact) mass is 428 g/mol. The minimum Gasteiger partial charge on any atom is -0.467 e. The summed E-state index contributed by atoms with van der Waals surface area (Å²) in [5, 5.41) is 5.78. The minimum atomic E-state index is -0.386. The van der Waals surface area contributed by atoms with E-state index in [4.69, 9.17) is 4.42 Å². The maximum atomic E-state index is 13.4. The number of nitrogens with zero attached hydrogens (tertiary/aromatic N) is 2. The number of anilines is 1. The van der Waals surface area contributed by atoms with E-state index in [-0.39, 0.29) is 23.8 Å². The molecule has 8 heteroatoms. The number of furan rings is 1. The molecular formula is C23H29FN4O3. The smallest absolute Gasteiger partial charge is 0.321 e. The van der Waals surface area contributed by atoms with E-state index in [1.807, 2.05) is 12.1 Å². The Hall–Kier alpha value is -2.87. The van der Waals surface area contributed by atoms with Crippen LogP contribution < -0.4 is 10.6 Å². The Morgan fingerprint density at radius 2 is 1.87 bits per heavy atom. The molecular weight excluding hydrogens is 399 g/mol. The van der Waals surface area contributed by atoms with Gasteiger partial charge in [-0.3, -0.25) is 9.69 Å². The van der Waals surface area contributed by atoms with Gasteiger partial charge in [0, 0.05) is 31.9 Å². The SMILES string of the molecule is O=C(NCc1ccco1)C(C1CCCC1)N1CCN(C(=O)Nc2cccc(F)c2)CC1. The molecule has 0 bridgehead atoms. The Morgan fingerprint density at radius 1 is 1.10 bits per heavy atom. The van der Waals surface area contributed by atoms with Gasteiger partial charge in [0.1, 0.15) is 11.6 Å². The van der Waals surface area contributed by atoms with Crippen LogP contribution in [0.15, 0.2) is 47.1 Å². The zero-order chi connectivity index (χ0) is 21.6. The third-order valence-electron chi connectivity index (χ3n) is 6.20. The van der Waals surface area contributed by atoms with Gasteiger partial charge in [0.15, 0.2) is 0 Å². The lowest BCUT2D eigenvalue weighted by atomic mass is 9.95. The molecule has 1 unspecified atom stereocenters. The number of carbonyl (C=O) groups is 2. The molecule has 1 aliphatic carbocycles. The molecule has 1 aliphatic heterocycles. The normalized spacial score (nSPS) is 18.7. The second-order valence-corrected chi connectivity index (χ2v) is 8.25. The summed E-state index contributed by atoms with van der Waals surface area (Å²) < 4.78 is 18.7. The van der Waals surface area contributed by atoms with Crippen LogP contribution in [0.3, 0.4) is 0 Å². The van der Waals surface area contributed by atoms with Gasteiger partial charge in [0.05, 0.1) is 18.8 Å². The maximum absolute atomic E-state index is 13.4. The molecule has 31 heavy (non-hydrogen) atoms. The molecule has 2 aromatic rings. The van der Waals surface area contributed by atoms with Crippen LogP contribution in [0.4, 0.5) is 14.9 Å². The molecule has 1 saturated carbocycles. The molecule has 166 valence electrons. The Labute approximate surface area is 181 Å². The Kier molecular flexibility index (Phi) is 6.86. The van der Waals surface area contributed by atoms with Gasteiger partial charge in [0.2, 0.25) is 5.91 Å². The van der Waals surface area contributed by atoms with Gasteiger partial charge in [-0.05, 0) is 49.1 Å². The molecule has 1 aromatic heterocycles.